The van der Waals surface area contributed by atoms with E-state index in [2.05, 4.69) is 82.6 Å². The van der Waals surface area contributed by atoms with Gasteiger partial charge in [-0.15, -0.1) is 0 Å². The molecule has 0 aromatic heterocycles. The lowest BCUT2D eigenvalue weighted by atomic mass is 10.1. The van der Waals surface area contributed by atoms with Gasteiger partial charge in [-0.25, -0.2) is 9.59 Å². The van der Waals surface area contributed by atoms with Crippen molar-refractivity contribution in [3.05, 3.63) is 131 Å². The Labute approximate surface area is 259 Å². The molecule has 0 atom stereocenters. The van der Waals surface area contributed by atoms with Gasteiger partial charge in [-0.3, -0.25) is 4.90 Å². The van der Waals surface area contributed by atoms with Gasteiger partial charge in [-0.2, -0.15) is 0 Å². The highest BCUT2D eigenvalue weighted by molar-refractivity contribution is 6.27. The van der Waals surface area contributed by atoms with Crippen LogP contribution < -0.4 is 9.47 Å². The minimum absolute atomic E-state index is 0.590. The van der Waals surface area contributed by atoms with Crippen molar-refractivity contribution in [1.29, 1.82) is 0 Å². The van der Waals surface area contributed by atoms with Crippen LogP contribution in [0.2, 0.25) is 0 Å². The summed E-state index contributed by atoms with van der Waals surface area (Å²) in [5.74, 6) is -1.83. The van der Waals surface area contributed by atoms with Gasteiger partial charge in [0.25, 0.3) is 0 Å². The first-order chi connectivity index (χ1) is 21.4. The number of benzene rings is 4. The number of likely N-dealkylation sites (tertiary alicyclic amines) is 1. The van der Waals surface area contributed by atoms with Gasteiger partial charge in [0.15, 0.2) is 0 Å². The van der Waals surface area contributed by atoms with Crippen LogP contribution in [-0.4, -0.2) is 58.1 Å². The van der Waals surface area contributed by atoms with Gasteiger partial charge in [-0.05, 0) is 72.5 Å². The molecule has 5 rings (SSSR count). The number of rotatable bonds is 13. The molecular formula is C36H40N2O6. The minimum Gasteiger partial charge on any atom is -0.489 e. The third-order valence-electron chi connectivity index (χ3n) is 7.27. The van der Waals surface area contributed by atoms with E-state index in [1.54, 1.807) is 0 Å². The van der Waals surface area contributed by atoms with Gasteiger partial charge in [0, 0.05) is 26.2 Å². The maximum atomic E-state index is 9.10. The number of hydrogen-bond acceptors (Lipinski definition) is 6. The van der Waals surface area contributed by atoms with Crippen LogP contribution in [0, 0.1) is 0 Å². The van der Waals surface area contributed by atoms with Gasteiger partial charge in [0.2, 0.25) is 0 Å². The lowest BCUT2D eigenvalue weighted by Crippen LogP contribution is -2.33. The number of ether oxygens (including phenoxy) is 2. The summed E-state index contributed by atoms with van der Waals surface area (Å²) in [5.41, 5.74) is 4.98. The molecule has 1 aliphatic rings. The topological polar surface area (TPSA) is 99.5 Å². The van der Waals surface area contributed by atoms with E-state index in [1.165, 1.54) is 48.2 Å². The molecule has 8 heteroatoms. The van der Waals surface area contributed by atoms with Crippen molar-refractivity contribution in [2.45, 2.75) is 39.1 Å². The molecule has 8 nitrogen and oxygen atoms in total. The highest BCUT2D eigenvalue weighted by atomic mass is 16.5. The molecule has 0 spiro atoms. The summed E-state index contributed by atoms with van der Waals surface area (Å²) in [7, 11) is 0. The molecule has 2 N–H and O–H groups in total. The molecule has 1 aliphatic heterocycles. The van der Waals surface area contributed by atoms with Crippen LogP contribution in [0.1, 0.15) is 35.1 Å². The summed E-state index contributed by atoms with van der Waals surface area (Å²) in [5, 5.41) is 14.8. The van der Waals surface area contributed by atoms with Crippen molar-refractivity contribution < 1.29 is 29.3 Å². The van der Waals surface area contributed by atoms with E-state index in [4.69, 9.17) is 29.3 Å². The number of carboxylic acids is 2. The van der Waals surface area contributed by atoms with Crippen LogP contribution in [-0.2, 0) is 35.9 Å². The van der Waals surface area contributed by atoms with Gasteiger partial charge in [0.05, 0.1) is 0 Å². The van der Waals surface area contributed by atoms with Crippen molar-refractivity contribution in [2.75, 3.05) is 26.2 Å². The van der Waals surface area contributed by atoms with Crippen LogP contribution in [0.15, 0.2) is 109 Å². The van der Waals surface area contributed by atoms with E-state index < -0.39 is 11.9 Å². The Bertz CT molecular complexity index is 1310. The Balaban J connectivity index is 0.000000670. The van der Waals surface area contributed by atoms with E-state index >= 15 is 0 Å². The Kier molecular flexibility index (Phi) is 12.8. The zero-order valence-corrected chi connectivity index (χ0v) is 24.9. The molecule has 1 fully saturated rings. The zero-order valence-electron chi connectivity index (χ0n) is 24.9. The third kappa shape index (κ3) is 11.6. The van der Waals surface area contributed by atoms with Crippen molar-refractivity contribution in [3.8, 4) is 11.5 Å². The second kappa shape index (κ2) is 17.5. The number of carbonyl (C=O) groups is 2. The summed E-state index contributed by atoms with van der Waals surface area (Å²) in [6.07, 6.45) is 2.66. The minimum atomic E-state index is -1.82. The quantitative estimate of drug-likeness (QED) is 0.179. The fourth-order valence-electron chi connectivity index (χ4n) is 4.88. The Morgan fingerprint density at radius 3 is 1.39 bits per heavy atom. The average molecular weight is 597 g/mol. The van der Waals surface area contributed by atoms with Gasteiger partial charge in [0.1, 0.15) is 24.7 Å². The first-order valence-electron chi connectivity index (χ1n) is 14.9. The Morgan fingerprint density at radius 1 is 0.591 bits per heavy atom. The summed E-state index contributed by atoms with van der Waals surface area (Å²) in [6, 6.07) is 37.8. The number of nitrogens with zero attached hydrogens (tertiary/aromatic N) is 2. The highest BCUT2D eigenvalue weighted by Crippen LogP contribution is 2.19. The molecule has 1 heterocycles. The van der Waals surface area contributed by atoms with Crippen LogP contribution in [0.4, 0.5) is 0 Å². The molecule has 0 amide bonds. The van der Waals surface area contributed by atoms with Crippen molar-refractivity contribution >= 4 is 11.9 Å². The Morgan fingerprint density at radius 2 is 1.00 bits per heavy atom. The maximum Gasteiger partial charge on any atom is 0.414 e. The zero-order chi connectivity index (χ0) is 31.0. The standard InChI is InChI=1S/C34H38N2O2.C2H2O4/c1-3-9-31(10-4-1)27-37-33-17-13-29(14-18-33)25-36(24-23-35-21-7-8-22-35)26-30-15-19-34(20-16-30)38-28-32-11-5-2-6-12-32;3-1(4)2(5)6/h1-6,9-20H,7-8,21-28H2;(H,3,4)(H,5,6). The second-order valence-electron chi connectivity index (χ2n) is 10.7. The van der Waals surface area contributed by atoms with E-state index in [1.807, 2.05) is 36.4 Å². The van der Waals surface area contributed by atoms with Crippen molar-refractivity contribution in [1.82, 2.24) is 9.80 Å². The molecule has 0 bridgehead atoms. The van der Waals surface area contributed by atoms with E-state index in [-0.39, 0.29) is 0 Å². The van der Waals surface area contributed by atoms with Crippen LogP contribution >= 0.6 is 0 Å². The van der Waals surface area contributed by atoms with E-state index in [0.717, 1.165) is 37.7 Å². The molecule has 4 aromatic carbocycles. The van der Waals surface area contributed by atoms with E-state index in [9.17, 15) is 0 Å². The molecule has 44 heavy (non-hydrogen) atoms. The predicted molar refractivity (Wildman–Crippen MR) is 169 cm³/mol. The number of carboxylic acid groups (broad SMARTS) is 2. The molecule has 0 unspecified atom stereocenters. The monoisotopic (exact) mass is 596 g/mol. The predicted octanol–water partition coefficient (Wildman–Crippen LogP) is 6.10. The average Bonchev–Trinajstić information content (AvgIpc) is 3.58. The van der Waals surface area contributed by atoms with Gasteiger partial charge in [-0.1, -0.05) is 84.9 Å². The van der Waals surface area contributed by atoms with Crippen molar-refractivity contribution in [3.63, 3.8) is 0 Å². The smallest absolute Gasteiger partial charge is 0.414 e. The molecule has 0 saturated carbocycles. The maximum absolute atomic E-state index is 9.10. The first-order valence-corrected chi connectivity index (χ1v) is 14.9. The molecule has 0 aliphatic carbocycles. The SMILES string of the molecule is O=C(O)C(=O)O.c1ccc(COc2ccc(CN(CCN3CCCC3)Cc3ccc(OCc4ccccc4)cc3)cc2)cc1. The molecular weight excluding hydrogens is 556 g/mol. The molecule has 0 radical (unpaired) electrons. The van der Waals surface area contributed by atoms with E-state index in [0.29, 0.717) is 13.2 Å². The summed E-state index contributed by atoms with van der Waals surface area (Å²) >= 11 is 0. The number of aliphatic carboxylic acids is 2. The van der Waals surface area contributed by atoms with Crippen LogP contribution in [0.25, 0.3) is 0 Å². The summed E-state index contributed by atoms with van der Waals surface area (Å²) in [4.78, 5) is 23.3. The van der Waals surface area contributed by atoms with Crippen molar-refractivity contribution in [2.24, 2.45) is 0 Å². The molecule has 230 valence electrons. The van der Waals surface area contributed by atoms with Gasteiger partial charge >= 0.3 is 11.9 Å². The molecule has 4 aromatic rings. The normalized spacial score (nSPS) is 12.8. The lowest BCUT2D eigenvalue weighted by Gasteiger charge is -2.25. The lowest BCUT2D eigenvalue weighted by molar-refractivity contribution is -0.159. The Hall–Kier alpha value is -4.66. The first kappa shape index (κ1) is 32.3. The van der Waals surface area contributed by atoms with Crippen LogP contribution in [0.5, 0.6) is 11.5 Å². The largest absolute Gasteiger partial charge is 0.489 e. The molecule has 1 saturated heterocycles. The summed E-state index contributed by atoms with van der Waals surface area (Å²) < 4.78 is 12.0. The van der Waals surface area contributed by atoms with Gasteiger partial charge < -0.3 is 24.6 Å². The second-order valence-corrected chi connectivity index (χ2v) is 10.7. The van der Waals surface area contributed by atoms with Crippen LogP contribution in [0.3, 0.4) is 0 Å². The fourth-order valence-corrected chi connectivity index (χ4v) is 4.88. The summed E-state index contributed by atoms with van der Waals surface area (Å²) in [6.45, 7) is 7.65. The highest BCUT2D eigenvalue weighted by Gasteiger charge is 2.14. The fraction of sp³-hybridized carbons (Fsp3) is 0.278. The third-order valence-corrected chi connectivity index (χ3v) is 7.27. The number of hydrogen-bond donors (Lipinski definition) is 2.